The second-order valence-corrected chi connectivity index (χ2v) is 5.88. The van der Waals surface area contributed by atoms with E-state index < -0.39 is 12.1 Å². The molecule has 0 spiro atoms. The lowest BCUT2D eigenvalue weighted by molar-refractivity contribution is 0.0851. The van der Waals surface area contributed by atoms with Crippen molar-refractivity contribution in [1.29, 1.82) is 0 Å². The zero-order valence-electron chi connectivity index (χ0n) is 13.5. The summed E-state index contributed by atoms with van der Waals surface area (Å²) in [6, 6.07) is 8.58. The fourth-order valence-corrected chi connectivity index (χ4v) is 2.20. The number of hydrogen-bond acceptors (Lipinski definition) is 3. The Balaban J connectivity index is 2.02. The van der Waals surface area contributed by atoms with Crippen molar-refractivity contribution in [3.63, 3.8) is 0 Å². The molecule has 0 aliphatic heterocycles. The summed E-state index contributed by atoms with van der Waals surface area (Å²) in [4.78, 5) is 16.5. The molecular formula is C18H21FN2O2. The molecule has 23 heavy (non-hydrogen) atoms. The number of aromatic nitrogens is 1. The quantitative estimate of drug-likeness (QED) is 0.890. The van der Waals surface area contributed by atoms with E-state index in [1.54, 1.807) is 13.0 Å². The molecule has 2 atom stereocenters. The van der Waals surface area contributed by atoms with Crippen LogP contribution in [-0.4, -0.2) is 22.0 Å². The number of carbonyl (C=O) groups is 1. The monoisotopic (exact) mass is 316 g/mol. The van der Waals surface area contributed by atoms with Crippen LogP contribution in [0.4, 0.5) is 4.39 Å². The Hall–Kier alpha value is -2.27. The summed E-state index contributed by atoms with van der Waals surface area (Å²) in [5, 5.41) is 13.0. The van der Waals surface area contributed by atoms with Gasteiger partial charge in [0.25, 0.3) is 5.91 Å². The van der Waals surface area contributed by atoms with Crippen LogP contribution in [0.1, 0.15) is 54.4 Å². The molecule has 2 unspecified atom stereocenters. The van der Waals surface area contributed by atoms with Crippen molar-refractivity contribution in [2.24, 2.45) is 0 Å². The molecule has 122 valence electrons. The fourth-order valence-electron chi connectivity index (χ4n) is 2.20. The average Bonchev–Trinajstić information content (AvgIpc) is 2.54. The van der Waals surface area contributed by atoms with Gasteiger partial charge in [0.2, 0.25) is 0 Å². The number of halogens is 1. The smallest absolute Gasteiger partial charge is 0.253 e. The van der Waals surface area contributed by atoms with Gasteiger partial charge in [0.1, 0.15) is 5.82 Å². The molecular weight excluding hydrogens is 295 g/mol. The first-order valence-corrected chi connectivity index (χ1v) is 7.59. The molecule has 4 nitrogen and oxygen atoms in total. The van der Waals surface area contributed by atoms with Crippen LogP contribution < -0.4 is 5.32 Å². The minimum absolute atomic E-state index is 0.298. The van der Waals surface area contributed by atoms with Crippen LogP contribution in [-0.2, 0) is 0 Å². The summed E-state index contributed by atoms with van der Waals surface area (Å²) in [5.41, 5.74) is 1.90. The summed E-state index contributed by atoms with van der Waals surface area (Å²) in [5.74, 6) is -0.373. The van der Waals surface area contributed by atoms with E-state index in [2.05, 4.69) is 10.3 Å². The number of nitrogens with zero attached hydrogens (tertiary/aromatic N) is 1. The Morgan fingerprint density at radius 2 is 1.78 bits per heavy atom. The first-order chi connectivity index (χ1) is 10.9. The SMILES string of the molecule is CC(C)c1ccc(C(=O)NC(C)C(O)c2ccc(F)cc2)cn1. The van der Waals surface area contributed by atoms with Crippen LogP contribution in [0.2, 0.25) is 0 Å². The number of aliphatic hydroxyl groups excluding tert-OH is 1. The Morgan fingerprint density at radius 3 is 2.30 bits per heavy atom. The second-order valence-electron chi connectivity index (χ2n) is 5.88. The predicted molar refractivity (Wildman–Crippen MR) is 86.6 cm³/mol. The highest BCUT2D eigenvalue weighted by Gasteiger charge is 2.19. The van der Waals surface area contributed by atoms with E-state index in [1.165, 1.54) is 30.5 Å². The second kappa shape index (κ2) is 7.33. The van der Waals surface area contributed by atoms with Crippen molar-refractivity contribution in [3.8, 4) is 0 Å². The van der Waals surface area contributed by atoms with Crippen molar-refractivity contribution in [2.45, 2.75) is 38.8 Å². The van der Waals surface area contributed by atoms with Crippen LogP contribution in [0, 0.1) is 5.82 Å². The first kappa shape index (κ1) is 17.1. The number of rotatable bonds is 5. The highest BCUT2D eigenvalue weighted by molar-refractivity contribution is 5.94. The molecule has 1 aromatic heterocycles. The van der Waals surface area contributed by atoms with Gasteiger partial charge in [-0.25, -0.2) is 4.39 Å². The van der Waals surface area contributed by atoms with Crippen molar-refractivity contribution >= 4 is 5.91 Å². The molecule has 0 bridgehead atoms. The summed E-state index contributed by atoms with van der Waals surface area (Å²) in [6.45, 7) is 5.76. The predicted octanol–water partition coefficient (Wildman–Crippen LogP) is 3.20. The minimum atomic E-state index is -0.914. The molecule has 2 rings (SSSR count). The minimum Gasteiger partial charge on any atom is -0.386 e. The largest absolute Gasteiger partial charge is 0.386 e. The lowest BCUT2D eigenvalue weighted by atomic mass is 10.0. The Kier molecular flexibility index (Phi) is 5.45. The third-order valence-electron chi connectivity index (χ3n) is 3.68. The highest BCUT2D eigenvalue weighted by atomic mass is 19.1. The molecule has 1 amide bonds. The number of benzene rings is 1. The van der Waals surface area contributed by atoms with Gasteiger partial charge in [0, 0.05) is 11.9 Å². The summed E-state index contributed by atoms with van der Waals surface area (Å²) >= 11 is 0. The molecule has 1 aromatic carbocycles. The molecule has 0 aliphatic rings. The number of hydrogen-bond donors (Lipinski definition) is 2. The number of aliphatic hydroxyl groups is 1. The average molecular weight is 316 g/mol. The first-order valence-electron chi connectivity index (χ1n) is 7.59. The van der Waals surface area contributed by atoms with Gasteiger partial charge in [0.05, 0.1) is 17.7 Å². The number of carbonyl (C=O) groups excluding carboxylic acids is 1. The topological polar surface area (TPSA) is 62.2 Å². The Morgan fingerprint density at radius 1 is 1.13 bits per heavy atom. The van der Waals surface area contributed by atoms with Crippen LogP contribution in [0.3, 0.4) is 0 Å². The van der Waals surface area contributed by atoms with E-state index in [0.717, 1.165) is 5.69 Å². The lowest BCUT2D eigenvalue weighted by Gasteiger charge is -2.20. The van der Waals surface area contributed by atoms with Gasteiger partial charge >= 0.3 is 0 Å². The molecule has 0 radical (unpaired) electrons. The van der Waals surface area contributed by atoms with Gasteiger partial charge in [-0.05, 0) is 42.7 Å². The standard InChI is InChI=1S/C18H21FN2O2/c1-11(2)16-9-6-14(10-20-16)18(23)21-12(3)17(22)13-4-7-15(19)8-5-13/h4-12,17,22H,1-3H3,(H,21,23). The van der Waals surface area contributed by atoms with Crippen LogP contribution >= 0.6 is 0 Å². The van der Waals surface area contributed by atoms with Gasteiger partial charge in [0.15, 0.2) is 0 Å². The summed E-state index contributed by atoms with van der Waals surface area (Å²) in [6.07, 6.45) is 0.615. The van der Waals surface area contributed by atoms with Gasteiger partial charge in [-0.1, -0.05) is 26.0 Å². The molecule has 1 heterocycles. The van der Waals surface area contributed by atoms with Crippen LogP contribution in [0.5, 0.6) is 0 Å². The Labute approximate surface area is 135 Å². The van der Waals surface area contributed by atoms with Gasteiger partial charge in [-0.15, -0.1) is 0 Å². The fraction of sp³-hybridized carbons (Fsp3) is 0.333. The van der Waals surface area contributed by atoms with Crippen molar-refractivity contribution in [3.05, 3.63) is 65.2 Å². The maximum absolute atomic E-state index is 12.9. The maximum Gasteiger partial charge on any atom is 0.253 e. The maximum atomic E-state index is 12.9. The van der Waals surface area contributed by atoms with Gasteiger partial charge in [-0.2, -0.15) is 0 Å². The third kappa shape index (κ3) is 4.36. The number of pyridine rings is 1. The van der Waals surface area contributed by atoms with Crippen LogP contribution in [0.15, 0.2) is 42.6 Å². The van der Waals surface area contributed by atoms with Crippen molar-refractivity contribution in [1.82, 2.24) is 10.3 Å². The normalized spacial score (nSPS) is 13.7. The van der Waals surface area contributed by atoms with E-state index in [-0.39, 0.29) is 11.7 Å². The Bertz CT molecular complexity index is 654. The highest BCUT2D eigenvalue weighted by Crippen LogP contribution is 2.18. The van der Waals surface area contributed by atoms with Crippen molar-refractivity contribution in [2.75, 3.05) is 0 Å². The lowest BCUT2D eigenvalue weighted by Crippen LogP contribution is -2.37. The summed E-state index contributed by atoms with van der Waals surface area (Å²) in [7, 11) is 0. The molecule has 2 N–H and O–H groups in total. The van der Waals surface area contributed by atoms with Gasteiger partial charge in [-0.3, -0.25) is 9.78 Å². The number of amides is 1. The molecule has 0 aliphatic carbocycles. The van der Waals surface area contributed by atoms with E-state index >= 15 is 0 Å². The van der Waals surface area contributed by atoms with E-state index in [9.17, 15) is 14.3 Å². The molecule has 0 fully saturated rings. The van der Waals surface area contributed by atoms with Crippen LogP contribution in [0.25, 0.3) is 0 Å². The van der Waals surface area contributed by atoms with Crippen molar-refractivity contribution < 1.29 is 14.3 Å². The van der Waals surface area contributed by atoms with E-state index in [0.29, 0.717) is 17.0 Å². The zero-order valence-corrected chi connectivity index (χ0v) is 13.5. The van der Waals surface area contributed by atoms with Gasteiger partial charge < -0.3 is 10.4 Å². The molecule has 0 saturated heterocycles. The summed E-state index contributed by atoms with van der Waals surface area (Å²) < 4.78 is 12.9. The molecule has 0 saturated carbocycles. The molecule has 2 aromatic rings. The zero-order chi connectivity index (χ0) is 17.0. The molecule has 5 heteroatoms. The van der Waals surface area contributed by atoms with E-state index in [1.807, 2.05) is 19.9 Å². The van der Waals surface area contributed by atoms with E-state index in [4.69, 9.17) is 0 Å². The number of nitrogens with one attached hydrogen (secondary N) is 1. The third-order valence-corrected chi connectivity index (χ3v) is 3.68.